The lowest BCUT2D eigenvalue weighted by Crippen LogP contribution is -2.22. The minimum absolute atomic E-state index is 0.0694. The van der Waals surface area contributed by atoms with Crippen molar-refractivity contribution in [2.75, 3.05) is 0 Å². The highest BCUT2D eigenvalue weighted by Gasteiger charge is 2.06. The van der Waals surface area contributed by atoms with Crippen LogP contribution < -0.4 is 5.32 Å². The van der Waals surface area contributed by atoms with Crippen LogP contribution in [0, 0.1) is 6.92 Å². The van der Waals surface area contributed by atoms with Crippen LogP contribution >= 0.6 is 27.3 Å². The molecule has 0 unspecified atom stereocenters. The minimum atomic E-state index is -0.0694. The smallest absolute Gasteiger partial charge is 0.251 e. The number of thiophene rings is 1. The van der Waals surface area contributed by atoms with E-state index in [4.69, 9.17) is 0 Å². The molecule has 0 radical (unpaired) electrons. The summed E-state index contributed by atoms with van der Waals surface area (Å²) in [6.07, 6.45) is 1.64. The summed E-state index contributed by atoms with van der Waals surface area (Å²) in [6.45, 7) is 2.42. The number of amides is 1. The summed E-state index contributed by atoms with van der Waals surface area (Å²) in [5.41, 5.74) is 1.49. The summed E-state index contributed by atoms with van der Waals surface area (Å²) >= 11 is 5.00. The first-order chi connectivity index (χ1) is 8.15. The fraction of sp³-hybridized carbons (Fsp3) is 0.167. The number of pyridine rings is 1. The van der Waals surface area contributed by atoms with Crippen molar-refractivity contribution in [1.29, 1.82) is 0 Å². The van der Waals surface area contributed by atoms with Crippen LogP contribution in [-0.4, -0.2) is 10.9 Å². The summed E-state index contributed by atoms with van der Waals surface area (Å²) in [6, 6.07) is 5.50. The number of nitrogens with zero attached hydrogens (tertiary/aromatic N) is 1. The Morgan fingerprint density at radius 2 is 2.35 bits per heavy atom. The van der Waals surface area contributed by atoms with Gasteiger partial charge < -0.3 is 5.32 Å². The van der Waals surface area contributed by atoms with Crippen molar-refractivity contribution in [3.63, 3.8) is 0 Å². The lowest BCUT2D eigenvalue weighted by Gasteiger charge is -2.03. The van der Waals surface area contributed by atoms with Crippen LogP contribution in [-0.2, 0) is 6.54 Å². The number of carbonyl (C=O) groups excluding carboxylic acids is 1. The molecule has 0 fully saturated rings. The number of nitrogens with one attached hydrogen (secondary N) is 1. The second-order valence-corrected chi connectivity index (χ2v) is 5.51. The number of aryl methyl sites for hydroxylation is 1. The molecule has 0 spiro atoms. The number of carbonyl (C=O) groups is 1. The van der Waals surface area contributed by atoms with E-state index in [9.17, 15) is 4.79 Å². The Labute approximate surface area is 112 Å². The molecule has 17 heavy (non-hydrogen) atoms. The monoisotopic (exact) mass is 310 g/mol. The Kier molecular flexibility index (Phi) is 3.91. The second kappa shape index (κ2) is 5.42. The van der Waals surface area contributed by atoms with E-state index in [1.807, 2.05) is 18.4 Å². The molecule has 0 aliphatic heterocycles. The maximum absolute atomic E-state index is 11.8. The predicted octanol–water partition coefficient (Wildman–Crippen LogP) is 3.14. The van der Waals surface area contributed by atoms with Crippen molar-refractivity contribution in [3.8, 4) is 0 Å². The Bertz CT molecular complexity index is 539. The van der Waals surface area contributed by atoms with Gasteiger partial charge in [0.05, 0.1) is 6.54 Å². The summed E-state index contributed by atoms with van der Waals surface area (Å²) < 4.78 is 1.05. The average Bonchev–Trinajstić information content (AvgIpc) is 2.72. The van der Waals surface area contributed by atoms with Gasteiger partial charge in [0.25, 0.3) is 5.91 Å². The van der Waals surface area contributed by atoms with Crippen LogP contribution in [0.15, 0.2) is 34.2 Å². The number of halogens is 1. The van der Waals surface area contributed by atoms with Gasteiger partial charge in [0, 0.05) is 32.2 Å². The predicted molar refractivity (Wildman–Crippen MR) is 72.2 cm³/mol. The van der Waals surface area contributed by atoms with Crippen molar-refractivity contribution in [2.24, 2.45) is 0 Å². The summed E-state index contributed by atoms with van der Waals surface area (Å²) in [5, 5.41) is 4.88. The van der Waals surface area contributed by atoms with Crippen molar-refractivity contribution >= 4 is 33.2 Å². The molecule has 2 heterocycles. The molecule has 0 aromatic carbocycles. The Balaban J connectivity index is 1.98. The third kappa shape index (κ3) is 3.38. The molecule has 2 aromatic rings. The van der Waals surface area contributed by atoms with Gasteiger partial charge in [-0.2, -0.15) is 0 Å². The van der Waals surface area contributed by atoms with Gasteiger partial charge in [0.15, 0.2) is 0 Å². The number of hydrogen-bond acceptors (Lipinski definition) is 3. The highest BCUT2D eigenvalue weighted by atomic mass is 79.9. The SMILES string of the molecule is Cc1cc(C(=O)NCc2cc(Br)cs2)ccn1. The van der Waals surface area contributed by atoms with E-state index in [1.54, 1.807) is 29.7 Å². The van der Waals surface area contributed by atoms with Crippen molar-refractivity contribution < 1.29 is 4.79 Å². The average molecular weight is 311 g/mol. The van der Waals surface area contributed by atoms with Gasteiger partial charge in [-0.25, -0.2) is 0 Å². The Morgan fingerprint density at radius 1 is 1.53 bits per heavy atom. The van der Waals surface area contributed by atoms with Gasteiger partial charge in [0.1, 0.15) is 0 Å². The third-order valence-corrected chi connectivity index (χ3v) is 3.90. The highest BCUT2D eigenvalue weighted by Crippen LogP contribution is 2.19. The molecule has 0 saturated carbocycles. The zero-order valence-corrected chi connectivity index (χ0v) is 11.6. The fourth-order valence-electron chi connectivity index (χ4n) is 1.40. The van der Waals surface area contributed by atoms with Crippen LogP contribution in [0.5, 0.6) is 0 Å². The lowest BCUT2D eigenvalue weighted by molar-refractivity contribution is 0.0951. The zero-order valence-electron chi connectivity index (χ0n) is 9.24. The van der Waals surface area contributed by atoms with E-state index >= 15 is 0 Å². The quantitative estimate of drug-likeness (QED) is 0.946. The molecule has 88 valence electrons. The van der Waals surface area contributed by atoms with E-state index < -0.39 is 0 Å². The molecule has 2 aromatic heterocycles. The number of aromatic nitrogens is 1. The van der Waals surface area contributed by atoms with Gasteiger partial charge in [0.2, 0.25) is 0 Å². The van der Waals surface area contributed by atoms with Crippen molar-refractivity contribution in [2.45, 2.75) is 13.5 Å². The zero-order chi connectivity index (χ0) is 12.3. The molecule has 0 atom stereocenters. The highest BCUT2D eigenvalue weighted by molar-refractivity contribution is 9.10. The maximum Gasteiger partial charge on any atom is 0.251 e. The molecule has 0 aliphatic carbocycles. The first-order valence-electron chi connectivity index (χ1n) is 5.09. The van der Waals surface area contributed by atoms with Gasteiger partial charge in [-0.05, 0) is 41.1 Å². The maximum atomic E-state index is 11.8. The van der Waals surface area contributed by atoms with Gasteiger partial charge in [-0.1, -0.05) is 0 Å². The molecule has 1 N–H and O–H groups in total. The Morgan fingerprint density at radius 3 is 3.00 bits per heavy atom. The molecule has 0 aliphatic rings. The molecular weight excluding hydrogens is 300 g/mol. The summed E-state index contributed by atoms with van der Waals surface area (Å²) in [4.78, 5) is 17.0. The minimum Gasteiger partial charge on any atom is -0.347 e. The fourth-order valence-corrected chi connectivity index (χ4v) is 2.79. The Hall–Kier alpha value is -1.20. The van der Waals surface area contributed by atoms with Gasteiger partial charge >= 0.3 is 0 Å². The third-order valence-electron chi connectivity index (χ3n) is 2.20. The standard InChI is InChI=1S/C12H11BrN2OS/c1-8-4-9(2-3-14-8)12(16)15-6-11-5-10(13)7-17-11/h2-5,7H,6H2,1H3,(H,15,16). The van der Waals surface area contributed by atoms with Crippen LogP contribution in [0.4, 0.5) is 0 Å². The lowest BCUT2D eigenvalue weighted by atomic mass is 10.2. The van der Waals surface area contributed by atoms with E-state index in [-0.39, 0.29) is 5.91 Å². The molecule has 1 amide bonds. The van der Waals surface area contributed by atoms with Crippen LogP contribution in [0.2, 0.25) is 0 Å². The van der Waals surface area contributed by atoms with Crippen LogP contribution in [0.1, 0.15) is 20.9 Å². The normalized spacial score (nSPS) is 10.2. The van der Waals surface area contributed by atoms with Gasteiger partial charge in [-0.3, -0.25) is 9.78 Å². The van der Waals surface area contributed by atoms with Gasteiger partial charge in [-0.15, -0.1) is 11.3 Å². The first-order valence-corrected chi connectivity index (χ1v) is 6.76. The van der Waals surface area contributed by atoms with E-state index in [0.29, 0.717) is 12.1 Å². The second-order valence-electron chi connectivity index (χ2n) is 3.60. The van der Waals surface area contributed by atoms with E-state index in [2.05, 4.69) is 26.2 Å². The number of rotatable bonds is 3. The molecule has 3 nitrogen and oxygen atoms in total. The summed E-state index contributed by atoms with van der Waals surface area (Å²) in [5.74, 6) is -0.0694. The first kappa shape index (κ1) is 12.3. The van der Waals surface area contributed by atoms with E-state index in [0.717, 1.165) is 15.0 Å². The van der Waals surface area contributed by atoms with Crippen LogP contribution in [0.3, 0.4) is 0 Å². The topological polar surface area (TPSA) is 42.0 Å². The largest absolute Gasteiger partial charge is 0.347 e. The molecule has 5 heteroatoms. The molecule has 0 bridgehead atoms. The van der Waals surface area contributed by atoms with Crippen molar-refractivity contribution in [1.82, 2.24) is 10.3 Å². The van der Waals surface area contributed by atoms with Crippen molar-refractivity contribution in [3.05, 3.63) is 50.4 Å². The number of hydrogen-bond donors (Lipinski definition) is 1. The van der Waals surface area contributed by atoms with Crippen LogP contribution in [0.25, 0.3) is 0 Å². The molecular formula is C12H11BrN2OS. The van der Waals surface area contributed by atoms with E-state index in [1.165, 1.54) is 0 Å². The molecule has 0 saturated heterocycles. The molecule has 2 rings (SSSR count). The summed E-state index contributed by atoms with van der Waals surface area (Å²) in [7, 11) is 0.